The molecule has 1 rings (SSSR count). The number of hydrogen-bond donors (Lipinski definition) is 2. The zero-order valence-electron chi connectivity index (χ0n) is 10.6. The molecule has 0 bridgehead atoms. The molecule has 18 heavy (non-hydrogen) atoms. The summed E-state index contributed by atoms with van der Waals surface area (Å²) in [5, 5.41) is 3.07. The van der Waals surface area contributed by atoms with Crippen molar-refractivity contribution in [3.63, 3.8) is 0 Å². The molecule has 0 aliphatic heterocycles. The summed E-state index contributed by atoms with van der Waals surface area (Å²) >= 11 is 6.22. The fourth-order valence-corrected chi connectivity index (χ4v) is 2.02. The second-order valence-corrected chi connectivity index (χ2v) is 4.27. The van der Waals surface area contributed by atoms with E-state index in [1.807, 2.05) is 13.0 Å². The summed E-state index contributed by atoms with van der Waals surface area (Å²) in [4.78, 5) is 10.7. The van der Waals surface area contributed by atoms with Crippen molar-refractivity contribution in [1.82, 2.24) is 5.32 Å². The van der Waals surface area contributed by atoms with Gasteiger partial charge in [0.05, 0.1) is 19.2 Å². The van der Waals surface area contributed by atoms with Gasteiger partial charge in [-0.05, 0) is 25.0 Å². The van der Waals surface area contributed by atoms with Crippen LogP contribution >= 0.6 is 11.6 Å². The van der Waals surface area contributed by atoms with Crippen LogP contribution in [0.15, 0.2) is 12.1 Å². The average Bonchev–Trinajstić information content (AvgIpc) is 2.30. The molecule has 0 aliphatic carbocycles. The highest BCUT2D eigenvalue weighted by atomic mass is 35.5. The van der Waals surface area contributed by atoms with Crippen molar-refractivity contribution in [3.8, 4) is 11.5 Å². The summed E-state index contributed by atoms with van der Waals surface area (Å²) in [5.41, 5.74) is 5.92. The maximum atomic E-state index is 10.7. The van der Waals surface area contributed by atoms with Crippen LogP contribution in [0.25, 0.3) is 0 Å². The van der Waals surface area contributed by atoms with Gasteiger partial charge < -0.3 is 20.5 Å². The van der Waals surface area contributed by atoms with Crippen LogP contribution in [0.1, 0.15) is 12.5 Å². The number of amides is 2. The van der Waals surface area contributed by atoms with Crippen LogP contribution in [-0.4, -0.2) is 26.3 Å². The maximum Gasteiger partial charge on any atom is 0.312 e. The van der Waals surface area contributed by atoms with Gasteiger partial charge in [-0.25, -0.2) is 4.79 Å². The third kappa shape index (κ3) is 3.43. The van der Waals surface area contributed by atoms with Crippen LogP contribution in [0.5, 0.6) is 11.5 Å². The third-order valence-electron chi connectivity index (χ3n) is 2.48. The van der Waals surface area contributed by atoms with Gasteiger partial charge in [0.15, 0.2) is 11.5 Å². The van der Waals surface area contributed by atoms with Crippen molar-refractivity contribution in [3.05, 3.63) is 22.7 Å². The number of benzene rings is 1. The smallest absolute Gasteiger partial charge is 0.312 e. The van der Waals surface area contributed by atoms with Gasteiger partial charge in [0.25, 0.3) is 0 Å². The lowest BCUT2D eigenvalue weighted by Crippen LogP contribution is -2.37. The summed E-state index contributed by atoms with van der Waals surface area (Å²) in [6, 6.07) is 2.94. The van der Waals surface area contributed by atoms with Gasteiger partial charge in [0, 0.05) is 6.04 Å². The number of urea groups is 1. The second-order valence-electron chi connectivity index (χ2n) is 3.89. The number of hydrogen-bond acceptors (Lipinski definition) is 3. The van der Waals surface area contributed by atoms with Crippen LogP contribution in [0.4, 0.5) is 4.79 Å². The lowest BCUT2D eigenvalue weighted by molar-refractivity contribution is 0.246. The molecule has 0 radical (unpaired) electrons. The number of carbonyl (C=O) groups is 1. The summed E-state index contributed by atoms with van der Waals surface area (Å²) in [6.45, 7) is 1.85. The Bertz CT molecular complexity index is 438. The molecule has 1 aromatic carbocycles. The van der Waals surface area contributed by atoms with Crippen LogP contribution in [-0.2, 0) is 6.42 Å². The minimum Gasteiger partial charge on any atom is -0.493 e. The average molecular weight is 273 g/mol. The molecule has 2 amide bonds. The fourth-order valence-electron chi connectivity index (χ4n) is 1.71. The molecule has 1 aromatic rings. The van der Waals surface area contributed by atoms with Gasteiger partial charge in [0.1, 0.15) is 0 Å². The van der Waals surface area contributed by atoms with Crippen molar-refractivity contribution in [2.24, 2.45) is 5.73 Å². The van der Waals surface area contributed by atoms with E-state index in [2.05, 4.69) is 5.32 Å². The summed E-state index contributed by atoms with van der Waals surface area (Å²) in [7, 11) is 3.07. The van der Waals surface area contributed by atoms with E-state index in [0.717, 1.165) is 5.56 Å². The van der Waals surface area contributed by atoms with Crippen molar-refractivity contribution in [2.45, 2.75) is 19.4 Å². The first kappa shape index (κ1) is 14.4. The molecule has 1 unspecified atom stereocenters. The molecule has 1 atom stereocenters. The first-order chi connectivity index (χ1) is 8.49. The molecule has 0 spiro atoms. The molecular weight excluding hydrogens is 256 g/mol. The molecule has 0 heterocycles. The summed E-state index contributed by atoms with van der Waals surface area (Å²) in [5.74, 6) is 1.06. The summed E-state index contributed by atoms with van der Waals surface area (Å²) < 4.78 is 10.3. The predicted octanol–water partition coefficient (Wildman–Crippen LogP) is 1.96. The minimum absolute atomic E-state index is 0.113. The predicted molar refractivity (Wildman–Crippen MR) is 70.4 cm³/mol. The van der Waals surface area contributed by atoms with Gasteiger partial charge in [-0.15, -0.1) is 0 Å². The van der Waals surface area contributed by atoms with E-state index in [1.165, 1.54) is 7.11 Å². The number of halogens is 1. The van der Waals surface area contributed by atoms with E-state index in [1.54, 1.807) is 13.2 Å². The first-order valence-corrected chi connectivity index (χ1v) is 5.82. The van der Waals surface area contributed by atoms with Gasteiger partial charge in [0.2, 0.25) is 0 Å². The lowest BCUT2D eigenvalue weighted by Gasteiger charge is -2.16. The zero-order chi connectivity index (χ0) is 13.7. The quantitative estimate of drug-likeness (QED) is 0.860. The third-order valence-corrected chi connectivity index (χ3v) is 2.89. The number of nitrogens with one attached hydrogen (secondary N) is 1. The lowest BCUT2D eigenvalue weighted by atomic mass is 10.1. The Morgan fingerprint density at radius 1 is 1.44 bits per heavy atom. The topological polar surface area (TPSA) is 73.6 Å². The van der Waals surface area contributed by atoms with E-state index >= 15 is 0 Å². The normalized spacial score (nSPS) is 11.8. The van der Waals surface area contributed by atoms with E-state index in [4.69, 9.17) is 26.8 Å². The highest BCUT2D eigenvalue weighted by molar-refractivity contribution is 6.33. The fraction of sp³-hybridized carbons (Fsp3) is 0.417. The number of methoxy groups -OCH3 is 2. The van der Waals surface area contributed by atoms with E-state index in [9.17, 15) is 4.79 Å². The minimum atomic E-state index is -0.556. The molecule has 3 N–H and O–H groups in total. The zero-order valence-corrected chi connectivity index (χ0v) is 11.4. The molecule has 0 saturated heterocycles. The highest BCUT2D eigenvalue weighted by Gasteiger charge is 2.15. The molecule has 0 fully saturated rings. The highest BCUT2D eigenvalue weighted by Crippen LogP contribution is 2.37. The Kier molecular flexibility index (Phi) is 5.09. The van der Waals surface area contributed by atoms with Gasteiger partial charge >= 0.3 is 6.03 Å². The SMILES string of the molecule is COc1ccc(CC(C)NC(N)=O)c(Cl)c1OC. The standard InChI is InChI=1S/C12H17ClN2O3/c1-7(15-12(14)16)6-8-4-5-9(17-2)11(18-3)10(8)13/h4-5,7H,6H2,1-3H3,(H3,14,15,16). The van der Waals surface area contributed by atoms with Gasteiger partial charge in [-0.3, -0.25) is 0 Å². The first-order valence-electron chi connectivity index (χ1n) is 5.45. The van der Waals surface area contributed by atoms with E-state index in [-0.39, 0.29) is 6.04 Å². The molecule has 5 nitrogen and oxygen atoms in total. The number of primary amides is 1. The molecular formula is C12H17ClN2O3. The van der Waals surface area contributed by atoms with Gasteiger partial charge in [-0.2, -0.15) is 0 Å². The second kappa shape index (κ2) is 6.35. The van der Waals surface area contributed by atoms with E-state index in [0.29, 0.717) is 22.9 Å². The monoisotopic (exact) mass is 272 g/mol. The Morgan fingerprint density at radius 2 is 2.11 bits per heavy atom. The molecule has 6 heteroatoms. The van der Waals surface area contributed by atoms with Crippen molar-refractivity contribution < 1.29 is 14.3 Å². The number of carbonyl (C=O) groups excluding carboxylic acids is 1. The molecule has 0 saturated carbocycles. The molecule has 100 valence electrons. The number of rotatable bonds is 5. The largest absolute Gasteiger partial charge is 0.493 e. The Hall–Kier alpha value is -1.62. The Labute approximate surface area is 111 Å². The van der Waals surface area contributed by atoms with Crippen LogP contribution < -0.4 is 20.5 Å². The van der Waals surface area contributed by atoms with Crippen molar-refractivity contribution >= 4 is 17.6 Å². The van der Waals surface area contributed by atoms with Crippen LogP contribution in [0.2, 0.25) is 5.02 Å². The van der Waals surface area contributed by atoms with Crippen LogP contribution in [0.3, 0.4) is 0 Å². The van der Waals surface area contributed by atoms with Crippen LogP contribution in [0, 0.1) is 0 Å². The number of ether oxygens (including phenoxy) is 2. The van der Waals surface area contributed by atoms with E-state index < -0.39 is 6.03 Å². The Balaban J connectivity index is 2.93. The van der Waals surface area contributed by atoms with Gasteiger partial charge in [-0.1, -0.05) is 17.7 Å². The maximum absolute atomic E-state index is 10.7. The molecule has 0 aliphatic rings. The van der Waals surface area contributed by atoms with Crippen molar-refractivity contribution in [1.29, 1.82) is 0 Å². The van der Waals surface area contributed by atoms with Crippen molar-refractivity contribution in [2.75, 3.05) is 14.2 Å². The molecule has 0 aromatic heterocycles. The summed E-state index contributed by atoms with van der Waals surface area (Å²) in [6.07, 6.45) is 0.558. The number of nitrogens with two attached hydrogens (primary N) is 1. The Morgan fingerprint density at radius 3 is 2.61 bits per heavy atom.